The summed E-state index contributed by atoms with van der Waals surface area (Å²) in [5.41, 5.74) is 35.9. The number of nitrogens with zero attached hydrogens (tertiary/aromatic N) is 6. The second-order valence-corrected chi connectivity index (χ2v) is 9.03. The Balaban J connectivity index is -0.000000193. The van der Waals surface area contributed by atoms with Gasteiger partial charge in [0.15, 0.2) is 0 Å². The van der Waals surface area contributed by atoms with Gasteiger partial charge >= 0.3 is 5.97 Å². The molecular weight excluding hydrogens is 714 g/mol. The molecule has 300 valence electrons. The number of aliphatic carboxylic acids is 1. The summed E-state index contributed by atoms with van der Waals surface area (Å²) in [7, 11) is 0. The minimum Gasteiger partial charge on any atom is -0.481 e. The van der Waals surface area contributed by atoms with Crippen LogP contribution in [0.1, 0.15) is 58.3 Å². The predicted octanol–water partition coefficient (Wildman–Crippen LogP) is -5.32. The van der Waals surface area contributed by atoms with E-state index >= 15 is 0 Å². The van der Waals surface area contributed by atoms with Gasteiger partial charge in [0.05, 0.1) is 19.4 Å². The zero-order valence-corrected chi connectivity index (χ0v) is 27.6. The van der Waals surface area contributed by atoms with E-state index in [9.17, 15) is 24.0 Å². The van der Waals surface area contributed by atoms with Gasteiger partial charge in [-0.1, -0.05) is 30.9 Å². The zero-order valence-electron chi connectivity index (χ0n) is 27.6. The smallest absolute Gasteiger partial charge is 0.311 e. The predicted molar refractivity (Wildman–Crippen MR) is 174 cm³/mol. The SMILES string of the molecule is CC(=O)C(CC/C(N)=N\O)(CC/C(N)=N\O)C(=O)NO.N/C(CC(=O)NO)=N\O.N/C(CC(=O)O)=N\O.N/C(CCO)=N\O.NC(=O)C/C(N)=N/O. The van der Waals surface area contributed by atoms with Crippen molar-refractivity contribution < 1.29 is 75.8 Å². The first kappa shape index (κ1) is 54.5. The quantitative estimate of drug-likeness (QED) is 0.0174. The van der Waals surface area contributed by atoms with Crippen LogP contribution in [-0.2, 0) is 24.0 Å². The molecule has 30 heteroatoms. The molecule has 0 heterocycles. The van der Waals surface area contributed by atoms with E-state index in [1.165, 1.54) is 17.9 Å². The van der Waals surface area contributed by atoms with Crippen molar-refractivity contribution in [1.29, 1.82) is 0 Å². The number of amidine groups is 6. The molecule has 26 N–H and O–H groups in total. The maximum Gasteiger partial charge on any atom is 0.311 e. The second-order valence-electron chi connectivity index (χ2n) is 9.03. The number of primary amides is 1. The topological polar surface area (TPSA) is 568 Å². The summed E-state index contributed by atoms with van der Waals surface area (Å²) in [5.74, 6) is -4.87. The molecule has 0 aromatic rings. The van der Waals surface area contributed by atoms with Crippen molar-refractivity contribution in [2.75, 3.05) is 6.61 Å². The summed E-state index contributed by atoms with van der Waals surface area (Å²) in [6.45, 7) is 1.10. The number of carboxylic acids is 1. The van der Waals surface area contributed by atoms with Crippen molar-refractivity contribution in [1.82, 2.24) is 11.0 Å². The van der Waals surface area contributed by atoms with Crippen molar-refractivity contribution in [3.8, 4) is 0 Å². The largest absolute Gasteiger partial charge is 0.481 e. The third-order valence-electron chi connectivity index (χ3n) is 5.12. The summed E-state index contributed by atoms with van der Waals surface area (Å²) >= 11 is 0. The van der Waals surface area contributed by atoms with Crippen LogP contribution in [0, 0.1) is 5.41 Å². The van der Waals surface area contributed by atoms with Crippen LogP contribution in [0.25, 0.3) is 0 Å². The Bertz CT molecular complexity index is 1220. The van der Waals surface area contributed by atoms with Gasteiger partial charge in [-0.3, -0.25) is 34.4 Å². The molecule has 0 aliphatic carbocycles. The number of carboxylic acid groups (broad SMARTS) is 1. The number of rotatable bonds is 16. The number of carbonyl (C=O) groups excluding carboxylic acids is 4. The van der Waals surface area contributed by atoms with E-state index in [2.05, 4.69) is 36.7 Å². The lowest BCUT2D eigenvalue weighted by Gasteiger charge is -2.28. The van der Waals surface area contributed by atoms with Gasteiger partial charge in [-0.2, -0.15) is 0 Å². The van der Waals surface area contributed by atoms with Gasteiger partial charge in [0.2, 0.25) is 5.91 Å². The van der Waals surface area contributed by atoms with E-state index in [1.54, 1.807) is 0 Å². The first-order chi connectivity index (χ1) is 24.2. The third kappa shape index (κ3) is 33.0. The molecule has 0 aromatic heterocycles. The molecule has 0 rings (SSSR count). The lowest BCUT2D eigenvalue weighted by molar-refractivity contribution is -0.148. The number of carbonyl (C=O) groups is 5. The molecule has 0 saturated heterocycles. The molecule has 0 bridgehead atoms. The van der Waals surface area contributed by atoms with Crippen molar-refractivity contribution >= 4 is 64.5 Å². The van der Waals surface area contributed by atoms with Gasteiger partial charge in [0, 0.05) is 19.3 Å². The number of Topliss-reactive ketones (excluding diaryl/α,β-unsaturated/α-hetero) is 1. The number of aliphatic hydroxyl groups is 1. The second kappa shape index (κ2) is 33.9. The van der Waals surface area contributed by atoms with Gasteiger partial charge in [-0.05, 0) is 19.8 Å². The van der Waals surface area contributed by atoms with E-state index in [0.717, 1.165) is 0 Å². The van der Waals surface area contributed by atoms with Gasteiger partial charge in [0.1, 0.15) is 52.6 Å². The molecule has 0 aliphatic rings. The first-order valence-electron chi connectivity index (χ1n) is 13.5. The maximum atomic E-state index is 11.8. The average molecular weight is 762 g/mol. The Morgan fingerprint density at radius 2 is 0.904 bits per heavy atom. The molecule has 0 aliphatic heterocycles. The van der Waals surface area contributed by atoms with Gasteiger partial charge in [-0.25, -0.2) is 11.0 Å². The molecule has 30 nitrogen and oxygen atoms in total. The van der Waals surface area contributed by atoms with Gasteiger partial charge in [-0.15, -0.1) is 0 Å². The van der Waals surface area contributed by atoms with Gasteiger partial charge < -0.3 is 81.6 Å². The minimum absolute atomic E-state index is 0.0420. The average Bonchev–Trinajstić information content (AvgIpc) is 3.11. The Labute approximate surface area is 293 Å². The summed E-state index contributed by atoms with van der Waals surface area (Å²) in [5, 5.41) is 96.6. The third-order valence-corrected chi connectivity index (χ3v) is 5.12. The van der Waals surface area contributed by atoms with Crippen LogP contribution in [0.15, 0.2) is 30.9 Å². The Morgan fingerprint density at radius 3 is 1.12 bits per heavy atom. The summed E-state index contributed by atoms with van der Waals surface area (Å²) < 4.78 is 0. The minimum atomic E-state index is -1.61. The van der Waals surface area contributed by atoms with Crippen LogP contribution in [0.4, 0.5) is 0 Å². The van der Waals surface area contributed by atoms with E-state index in [0.29, 0.717) is 0 Å². The number of nitrogens with two attached hydrogens (primary N) is 7. The van der Waals surface area contributed by atoms with Gasteiger partial charge in [0.25, 0.3) is 11.8 Å². The highest BCUT2D eigenvalue weighted by atomic mass is 16.5. The summed E-state index contributed by atoms with van der Waals surface area (Å²) in [6, 6.07) is 0. The van der Waals surface area contributed by atoms with Crippen LogP contribution in [0.3, 0.4) is 0 Å². The number of hydroxylamine groups is 2. The van der Waals surface area contributed by atoms with E-state index in [1.807, 2.05) is 0 Å². The highest BCUT2D eigenvalue weighted by Gasteiger charge is 2.42. The zero-order chi connectivity index (χ0) is 41.9. The molecule has 3 amide bonds. The van der Waals surface area contributed by atoms with Crippen molar-refractivity contribution in [3.63, 3.8) is 0 Å². The van der Waals surface area contributed by atoms with Crippen molar-refractivity contribution in [3.05, 3.63) is 0 Å². The summed E-state index contributed by atoms with van der Waals surface area (Å²) in [6.07, 6.45) is -0.970. The van der Waals surface area contributed by atoms with Crippen LogP contribution < -0.4 is 51.1 Å². The molecule has 0 radical (unpaired) electrons. The van der Waals surface area contributed by atoms with E-state index in [-0.39, 0.29) is 86.6 Å². The molecule has 0 unspecified atom stereocenters. The number of hydrogen-bond donors (Lipinski definition) is 19. The van der Waals surface area contributed by atoms with Crippen molar-refractivity contribution in [2.24, 2.45) is 76.5 Å². The molecular formula is C22H47N15O15. The lowest BCUT2D eigenvalue weighted by Crippen LogP contribution is -2.46. The Morgan fingerprint density at radius 1 is 0.558 bits per heavy atom. The highest BCUT2D eigenvalue weighted by molar-refractivity contribution is 6.05. The molecule has 52 heavy (non-hydrogen) atoms. The van der Waals surface area contributed by atoms with E-state index in [4.69, 9.17) is 86.3 Å². The first-order valence-corrected chi connectivity index (χ1v) is 13.5. The van der Waals surface area contributed by atoms with Crippen LogP contribution in [0.5, 0.6) is 0 Å². The monoisotopic (exact) mass is 761 g/mol. The fourth-order valence-corrected chi connectivity index (χ4v) is 2.56. The number of hydrogen-bond acceptors (Lipinski definition) is 20. The fourth-order valence-electron chi connectivity index (χ4n) is 2.56. The number of nitrogens with one attached hydrogen (secondary N) is 2. The summed E-state index contributed by atoms with van der Waals surface area (Å²) in [4.78, 5) is 53.4. The van der Waals surface area contributed by atoms with Crippen molar-refractivity contribution in [2.45, 2.75) is 58.3 Å². The molecule has 0 atom stereocenters. The molecule has 0 spiro atoms. The Hall–Kier alpha value is -6.95. The number of oxime groups is 6. The normalized spacial score (nSPS) is 12.0. The van der Waals surface area contributed by atoms with Crippen LogP contribution in [0.2, 0.25) is 0 Å². The lowest BCUT2D eigenvalue weighted by atomic mass is 9.74. The Kier molecular flexibility index (Phi) is 35.6. The molecule has 0 fully saturated rings. The molecule has 0 aromatic carbocycles. The molecule has 0 saturated carbocycles. The number of amides is 3. The number of ketones is 1. The fraction of sp³-hybridized carbons (Fsp3) is 0.500. The maximum absolute atomic E-state index is 11.8. The highest BCUT2D eigenvalue weighted by Crippen LogP contribution is 2.31. The van der Waals surface area contributed by atoms with Crippen LogP contribution in [-0.4, -0.2) is 123 Å². The van der Waals surface area contributed by atoms with E-state index < -0.39 is 41.3 Å². The number of aliphatic hydroxyl groups excluding tert-OH is 1. The standard InChI is InChI=1S/C10H19N5O5.C3H7N3O3.C3H7N3O2.C3H6N2O3.C3H8N2O2/c1-6(16)10(9(17)15-20,4-2-7(11)13-18)5-3-8(12)14-19;4-2(5-8)1-3(7)6-9;4-2(6-8)1-3(5)7;4-2(5-8)1-3(6)7;4-3(5-7)1-2-6/h18-20H,2-5H2,1H3,(H2,11,13)(H2,12,14)(H,15,17);8-9H,1H2,(H2,4,5)(H,6,7);8H,1H2,(H2,4,6)(H2,5,7);8H,1H2,(H2,4,5)(H,6,7);6-7H,1-2H2,(H2,4,5). The van der Waals surface area contributed by atoms with Crippen LogP contribution >= 0.6 is 0 Å².